The Balaban J connectivity index is 1.77. The standard InChI is InChI=1S/C20H23NO3/c1-20(2,3)13-7-8-16-15(10-13)18-19(24-11-23-18)17(21-16)12-5-4-6-14(22)9-12/h4-10,17-19,21-22H,11H2,1-3H3. The molecule has 0 aliphatic carbocycles. The van der Waals surface area contributed by atoms with Crippen molar-refractivity contribution in [2.24, 2.45) is 0 Å². The maximum absolute atomic E-state index is 9.81. The van der Waals surface area contributed by atoms with Crippen molar-refractivity contribution in [2.45, 2.75) is 44.4 Å². The summed E-state index contributed by atoms with van der Waals surface area (Å²) in [5, 5.41) is 13.4. The Hall–Kier alpha value is -2.04. The van der Waals surface area contributed by atoms with Crippen LogP contribution in [0.2, 0.25) is 0 Å². The number of hydrogen-bond acceptors (Lipinski definition) is 4. The third-order valence-corrected chi connectivity index (χ3v) is 4.90. The Labute approximate surface area is 142 Å². The van der Waals surface area contributed by atoms with E-state index in [1.54, 1.807) is 12.1 Å². The van der Waals surface area contributed by atoms with Crippen LogP contribution in [0.4, 0.5) is 5.69 Å². The number of phenols is 1. The number of aromatic hydroxyl groups is 1. The molecule has 1 fully saturated rings. The van der Waals surface area contributed by atoms with Crippen LogP contribution in [-0.2, 0) is 14.9 Å². The van der Waals surface area contributed by atoms with Gasteiger partial charge in [-0.25, -0.2) is 0 Å². The molecule has 4 nitrogen and oxygen atoms in total. The third-order valence-electron chi connectivity index (χ3n) is 4.90. The van der Waals surface area contributed by atoms with E-state index >= 15 is 0 Å². The molecule has 4 heteroatoms. The molecule has 0 amide bonds. The molecule has 0 aromatic heterocycles. The van der Waals surface area contributed by atoms with E-state index in [9.17, 15) is 5.11 Å². The first-order chi connectivity index (χ1) is 11.4. The Morgan fingerprint density at radius 3 is 2.67 bits per heavy atom. The summed E-state index contributed by atoms with van der Waals surface area (Å²) in [6.45, 7) is 6.93. The normalized spacial score (nSPS) is 25.7. The maximum Gasteiger partial charge on any atom is 0.148 e. The number of anilines is 1. The van der Waals surface area contributed by atoms with E-state index < -0.39 is 0 Å². The quantitative estimate of drug-likeness (QED) is 0.822. The lowest BCUT2D eigenvalue weighted by Gasteiger charge is -2.36. The lowest BCUT2D eigenvalue weighted by atomic mass is 9.82. The fourth-order valence-electron chi connectivity index (χ4n) is 3.55. The molecule has 4 rings (SSSR count). The van der Waals surface area contributed by atoms with Gasteiger partial charge in [0.15, 0.2) is 0 Å². The number of hydrogen-bond donors (Lipinski definition) is 2. The van der Waals surface area contributed by atoms with Crippen LogP contribution in [0.3, 0.4) is 0 Å². The molecule has 2 aromatic carbocycles. The van der Waals surface area contributed by atoms with Crippen molar-refractivity contribution in [1.29, 1.82) is 0 Å². The first-order valence-corrected chi connectivity index (χ1v) is 8.36. The van der Waals surface area contributed by atoms with Crippen molar-refractivity contribution in [1.82, 2.24) is 0 Å². The monoisotopic (exact) mass is 325 g/mol. The molecule has 0 spiro atoms. The van der Waals surface area contributed by atoms with Gasteiger partial charge < -0.3 is 19.9 Å². The number of fused-ring (bicyclic) bond motifs is 3. The van der Waals surface area contributed by atoms with Crippen LogP contribution >= 0.6 is 0 Å². The first-order valence-electron chi connectivity index (χ1n) is 8.36. The molecule has 2 heterocycles. The highest BCUT2D eigenvalue weighted by atomic mass is 16.7. The molecular weight excluding hydrogens is 302 g/mol. The van der Waals surface area contributed by atoms with E-state index in [1.807, 2.05) is 12.1 Å². The highest BCUT2D eigenvalue weighted by Gasteiger charge is 2.43. The van der Waals surface area contributed by atoms with Gasteiger partial charge >= 0.3 is 0 Å². The SMILES string of the molecule is CC(C)(C)c1ccc2c(c1)C1OCOC1C(c1cccc(O)c1)N2. The summed E-state index contributed by atoms with van der Waals surface area (Å²) in [6, 6.07) is 13.8. The fraction of sp³-hybridized carbons (Fsp3) is 0.400. The van der Waals surface area contributed by atoms with Crippen LogP contribution in [0.25, 0.3) is 0 Å². The predicted molar refractivity (Wildman–Crippen MR) is 93.2 cm³/mol. The molecule has 24 heavy (non-hydrogen) atoms. The molecule has 2 N–H and O–H groups in total. The van der Waals surface area contributed by atoms with E-state index in [1.165, 1.54) is 5.56 Å². The van der Waals surface area contributed by atoms with E-state index in [2.05, 4.69) is 44.3 Å². The lowest BCUT2D eigenvalue weighted by Crippen LogP contribution is -2.34. The predicted octanol–water partition coefficient (Wildman–Crippen LogP) is 4.27. The molecule has 3 unspecified atom stereocenters. The van der Waals surface area contributed by atoms with Crippen LogP contribution in [0.5, 0.6) is 5.75 Å². The minimum atomic E-state index is -0.102. The van der Waals surface area contributed by atoms with Gasteiger partial charge in [0, 0.05) is 11.3 Å². The minimum absolute atomic E-state index is 0.0439. The van der Waals surface area contributed by atoms with E-state index in [-0.39, 0.29) is 29.4 Å². The third kappa shape index (κ3) is 2.56. The minimum Gasteiger partial charge on any atom is -0.508 e. The van der Waals surface area contributed by atoms with Crippen LogP contribution in [0.15, 0.2) is 42.5 Å². The topological polar surface area (TPSA) is 50.7 Å². The number of nitrogens with one attached hydrogen (secondary N) is 1. The van der Waals surface area contributed by atoms with Crippen molar-refractivity contribution < 1.29 is 14.6 Å². The van der Waals surface area contributed by atoms with Crippen molar-refractivity contribution in [2.75, 3.05) is 12.1 Å². The first kappa shape index (κ1) is 15.5. The number of rotatable bonds is 1. The van der Waals surface area contributed by atoms with Gasteiger partial charge in [-0.3, -0.25) is 0 Å². The Morgan fingerprint density at radius 1 is 1.08 bits per heavy atom. The Kier molecular flexibility index (Phi) is 3.55. The number of benzene rings is 2. The summed E-state index contributed by atoms with van der Waals surface area (Å²) >= 11 is 0. The van der Waals surface area contributed by atoms with Crippen LogP contribution < -0.4 is 5.32 Å². The van der Waals surface area contributed by atoms with Gasteiger partial charge in [0.05, 0.1) is 6.04 Å². The zero-order chi connectivity index (χ0) is 16.9. The molecule has 126 valence electrons. The van der Waals surface area contributed by atoms with Crippen LogP contribution in [0.1, 0.15) is 49.6 Å². The van der Waals surface area contributed by atoms with Crippen molar-refractivity contribution in [3.05, 3.63) is 59.2 Å². The van der Waals surface area contributed by atoms with Gasteiger partial charge in [0.25, 0.3) is 0 Å². The van der Waals surface area contributed by atoms with Gasteiger partial charge in [0.2, 0.25) is 0 Å². The van der Waals surface area contributed by atoms with Crippen LogP contribution in [0, 0.1) is 0 Å². The second-order valence-electron chi connectivity index (χ2n) is 7.61. The summed E-state index contributed by atoms with van der Waals surface area (Å²) in [4.78, 5) is 0. The number of ether oxygens (including phenoxy) is 2. The highest BCUT2D eigenvalue weighted by Crippen LogP contribution is 2.46. The lowest BCUT2D eigenvalue weighted by molar-refractivity contribution is 0.0367. The average Bonchev–Trinajstić information content (AvgIpc) is 3.02. The highest BCUT2D eigenvalue weighted by molar-refractivity contribution is 5.59. The van der Waals surface area contributed by atoms with Crippen molar-refractivity contribution >= 4 is 5.69 Å². The van der Waals surface area contributed by atoms with Crippen molar-refractivity contribution in [3.8, 4) is 5.75 Å². The van der Waals surface area contributed by atoms with E-state index in [4.69, 9.17) is 9.47 Å². The second-order valence-corrected chi connectivity index (χ2v) is 7.61. The zero-order valence-corrected chi connectivity index (χ0v) is 14.2. The molecule has 2 aromatic rings. The molecule has 1 saturated heterocycles. The molecule has 0 saturated carbocycles. The van der Waals surface area contributed by atoms with Gasteiger partial charge in [-0.1, -0.05) is 45.0 Å². The van der Waals surface area contributed by atoms with Gasteiger partial charge in [-0.05, 0) is 34.7 Å². The summed E-state index contributed by atoms with van der Waals surface area (Å²) in [5.74, 6) is 0.263. The number of phenolic OH excluding ortho intramolecular Hbond substituents is 1. The van der Waals surface area contributed by atoms with E-state index in [0.29, 0.717) is 6.79 Å². The molecule has 3 atom stereocenters. The molecule has 0 radical (unpaired) electrons. The molecule has 2 aliphatic rings. The molecule has 0 bridgehead atoms. The molecular formula is C20H23NO3. The Bertz CT molecular complexity index is 766. The summed E-state index contributed by atoms with van der Waals surface area (Å²) in [5.41, 5.74) is 4.60. The Morgan fingerprint density at radius 2 is 1.92 bits per heavy atom. The van der Waals surface area contributed by atoms with Gasteiger partial charge in [-0.2, -0.15) is 0 Å². The second kappa shape index (κ2) is 5.50. The maximum atomic E-state index is 9.81. The summed E-state index contributed by atoms with van der Waals surface area (Å²) in [6.07, 6.45) is -0.189. The summed E-state index contributed by atoms with van der Waals surface area (Å²) < 4.78 is 11.8. The average molecular weight is 325 g/mol. The van der Waals surface area contributed by atoms with Gasteiger partial charge in [0.1, 0.15) is 24.8 Å². The smallest absolute Gasteiger partial charge is 0.148 e. The van der Waals surface area contributed by atoms with Crippen LogP contribution in [-0.4, -0.2) is 18.0 Å². The summed E-state index contributed by atoms with van der Waals surface area (Å²) in [7, 11) is 0. The largest absolute Gasteiger partial charge is 0.508 e. The van der Waals surface area contributed by atoms with Gasteiger partial charge in [-0.15, -0.1) is 0 Å². The van der Waals surface area contributed by atoms with Crippen molar-refractivity contribution in [3.63, 3.8) is 0 Å². The molecule has 2 aliphatic heterocycles. The zero-order valence-electron chi connectivity index (χ0n) is 14.2. The van der Waals surface area contributed by atoms with E-state index in [0.717, 1.165) is 16.8 Å². The fourth-order valence-corrected chi connectivity index (χ4v) is 3.55.